The highest BCUT2D eigenvalue weighted by atomic mass is 32.2. The second kappa shape index (κ2) is 8.94. The molecular weight excluding hydrogens is 354 g/mol. The van der Waals surface area contributed by atoms with Crippen LogP contribution in [-0.4, -0.2) is 83.1 Å². The van der Waals surface area contributed by atoms with Crippen LogP contribution in [-0.2, 0) is 21.2 Å². The highest BCUT2D eigenvalue weighted by Crippen LogP contribution is 2.22. The molecule has 1 unspecified atom stereocenters. The highest BCUT2D eigenvalue weighted by Gasteiger charge is 2.28. The summed E-state index contributed by atoms with van der Waals surface area (Å²) in [6, 6.07) is 0. The second-order valence-corrected chi connectivity index (χ2v) is 9.62. The monoisotopic (exact) mass is 383 g/mol. The van der Waals surface area contributed by atoms with Crippen molar-refractivity contribution in [3.63, 3.8) is 0 Å². The van der Waals surface area contributed by atoms with E-state index in [9.17, 15) is 13.2 Å². The summed E-state index contributed by atoms with van der Waals surface area (Å²) in [6.07, 6.45) is 7.24. The molecule has 0 saturated carbocycles. The topological polar surface area (TPSA) is 88.4 Å². The molecule has 2 aliphatic rings. The SMILES string of the molecule is O=C(CCCn1cncn1)N1CCCN(CCC2CCS(=O)(=O)C2)CC1. The number of hydrogen-bond donors (Lipinski definition) is 0. The Balaban J connectivity index is 1.35. The maximum Gasteiger partial charge on any atom is 0.222 e. The van der Waals surface area contributed by atoms with Gasteiger partial charge >= 0.3 is 0 Å². The molecule has 1 aromatic heterocycles. The largest absolute Gasteiger partial charge is 0.341 e. The van der Waals surface area contributed by atoms with Crippen LogP contribution in [0, 0.1) is 5.92 Å². The minimum Gasteiger partial charge on any atom is -0.341 e. The van der Waals surface area contributed by atoms with Gasteiger partial charge in [0, 0.05) is 32.6 Å². The summed E-state index contributed by atoms with van der Waals surface area (Å²) in [5.74, 6) is 1.25. The number of amides is 1. The number of rotatable bonds is 7. The van der Waals surface area contributed by atoms with Gasteiger partial charge in [0.2, 0.25) is 5.91 Å². The summed E-state index contributed by atoms with van der Waals surface area (Å²) in [5, 5.41) is 4.05. The standard InChI is InChI=1S/C17H29N5O3S/c23-17(3-1-8-22-15-18-14-19-22)21-7-2-6-20(10-11-21)9-4-16-5-12-26(24,25)13-16/h14-16H,1-13H2. The van der Waals surface area contributed by atoms with Crippen molar-refractivity contribution in [2.75, 3.05) is 44.2 Å². The summed E-state index contributed by atoms with van der Waals surface area (Å²) in [4.78, 5) is 20.7. The lowest BCUT2D eigenvalue weighted by molar-refractivity contribution is -0.131. The Morgan fingerprint density at radius 2 is 2.04 bits per heavy atom. The van der Waals surface area contributed by atoms with Crippen molar-refractivity contribution in [2.24, 2.45) is 5.92 Å². The van der Waals surface area contributed by atoms with E-state index in [0.29, 0.717) is 23.8 Å². The molecule has 0 aliphatic carbocycles. The summed E-state index contributed by atoms with van der Waals surface area (Å²) < 4.78 is 24.9. The predicted molar refractivity (Wildman–Crippen MR) is 98.3 cm³/mol. The number of sulfone groups is 1. The van der Waals surface area contributed by atoms with Gasteiger partial charge in [-0.15, -0.1) is 0 Å². The third kappa shape index (κ3) is 5.77. The maximum atomic E-state index is 12.4. The molecule has 2 fully saturated rings. The van der Waals surface area contributed by atoms with Crippen LogP contribution >= 0.6 is 0 Å². The molecule has 2 aliphatic heterocycles. The fraction of sp³-hybridized carbons (Fsp3) is 0.824. The quantitative estimate of drug-likeness (QED) is 0.678. The first-order valence-electron chi connectivity index (χ1n) is 9.55. The van der Waals surface area contributed by atoms with E-state index in [1.807, 2.05) is 4.90 Å². The van der Waals surface area contributed by atoms with Gasteiger partial charge in [-0.05, 0) is 44.7 Å². The van der Waals surface area contributed by atoms with E-state index in [1.165, 1.54) is 6.33 Å². The van der Waals surface area contributed by atoms with E-state index in [-0.39, 0.29) is 5.91 Å². The van der Waals surface area contributed by atoms with Crippen LogP contribution in [0.15, 0.2) is 12.7 Å². The van der Waals surface area contributed by atoms with Gasteiger partial charge in [0.1, 0.15) is 12.7 Å². The highest BCUT2D eigenvalue weighted by molar-refractivity contribution is 7.91. The van der Waals surface area contributed by atoms with Gasteiger partial charge in [0.15, 0.2) is 9.84 Å². The molecule has 0 radical (unpaired) electrons. The van der Waals surface area contributed by atoms with E-state index < -0.39 is 9.84 Å². The number of hydrogen-bond acceptors (Lipinski definition) is 6. The molecule has 0 N–H and O–H groups in total. The van der Waals surface area contributed by atoms with E-state index in [0.717, 1.165) is 65.0 Å². The second-order valence-electron chi connectivity index (χ2n) is 7.40. The van der Waals surface area contributed by atoms with Crippen LogP contribution in [0.3, 0.4) is 0 Å². The number of carbonyl (C=O) groups is 1. The normalized spacial score (nSPS) is 23.8. The number of nitrogens with zero attached hydrogens (tertiary/aromatic N) is 5. The van der Waals surface area contributed by atoms with Crippen LogP contribution in [0.2, 0.25) is 0 Å². The van der Waals surface area contributed by atoms with E-state index in [1.54, 1.807) is 11.0 Å². The Morgan fingerprint density at radius 3 is 2.77 bits per heavy atom. The molecule has 3 heterocycles. The molecule has 8 nitrogen and oxygen atoms in total. The van der Waals surface area contributed by atoms with Gasteiger partial charge in [-0.25, -0.2) is 13.4 Å². The van der Waals surface area contributed by atoms with E-state index in [2.05, 4.69) is 15.0 Å². The van der Waals surface area contributed by atoms with Crippen LogP contribution in [0.1, 0.15) is 32.1 Å². The van der Waals surface area contributed by atoms with Crippen molar-refractivity contribution in [3.8, 4) is 0 Å². The average Bonchev–Trinajstić information content (AvgIpc) is 3.16. The van der Waals surface area contributed by atoms with E-state index >= 15 is 0 Å². The molecule has 9 heteroatoms. The first-order chi connectivity index (χ1) is 12.5. The Morgan fingerprint density at radius 1 is 1.15 bits per heavy atom. The predicted octanol–water partition coefficient (Wildman–Crippen LogP) is 0.417. The summed E-state index contributed by atoms with van der Waals surface area (Å²) in [7, 11) is -2.78. The number of aromatic nitrogens is 3. The number of aryl methyl sites for hydroxylation is 1. The molecule has 146 valence electrons. The van der Waals surface area contributed by atoms with Crippen molar-refractivity contribution < 1.29 is 13.2 Å². The average molecular weight is 384 g/mol. The van der Waals surface area contributed by atoms with Crippen molar-refractivity contribution in [1.29, 1.82) is 0 Å². The smallest absolute Gasteiger partial charge is 0.222 e. The van der Waals surface area contributed by atoms with Gasteiger partial charge in [-0.1, -0.05) is 0 Å². The zero-order valence-electron chi connectivity index (χ0n) is 15.3. The number of carbonyl (C=O) groups excluding carboxylic acids is 1. The lowest BCUT2D eigenvalue weighted by atomic mass is 10.1. The molecular formula is C17H29N5O3S. The van der Waals surface area contributed by atoms with Crippen molar-refractivity contribution in [3.05, 3.63) is 12.7 Å². The molecule has 1 aromatic rings. The first kappa shape index (κ1) is 19.3. The van der Waals surface area contributed by atoms with Crippen molar-refractivity contribution >= 4 is 15.7 Å². The molecule has 3 rings (SSSR count). The van der Waals surface area contributed by atoms with Gasteiger partial charge in [0.25, 0.3) is 0 Å². The Kier molecular flexibility index (Phi) is 6.63. The molecule has 26 heavy (non-hydrogen) atoms. The minimum atomic E-state index is -2.78. The third-order valence-electron chi connectivity index (χ3n) is 5.37. The molecule has 2 saturated heterocycles. The molecule has 0 aromatic carbocycles. The first-order valence-corrected chi connectivity index (χ1v) is 11.4. The van der Waals surface area contributed by atoms with Crippen LogP contribution in [0.5, 0.6) is 0 Å². The molecule has 1 atom stereocenters. The Bertz CT molecular complexity index is 677. The fourth-order valence-corrected chi connectivity index (χ4v) is 5.72. The Labute approximate surface area is 155 Å². The van der Waals surface area contributed by atoms with Crippen molar-refractivity contribution in [1.82, 2.24) is 24.6 Å². The summed E-state index contributed by atoms with van der Waals surface area (Å²) in [5.41, 5.74) is 0. The van der Waals surface area contributed by atoms with Gasteiger partial charge in [-0.2, -0.15) is 5.10 Å². The van der Waals surface area contributed by atoms with Gasteiger partial charge in [0.05, 0.1) is 11.5 Å². The zero-order chi connectivity index (χ0) is 18.4. The van der Waals surface area contributed by atoms with E-state index in [4.69, 9.17) is 0 Å². The molecule has 1 amide bonds. The van der Waals surface area contributed by atoms with Gasteiger partial charge in [-0.3, -0.25) is 9.48 Å². The van der Waals surface area contributed by atoms with Gasteiger partial charge < -0.3 is 9.80 Å². The minimum absolute atomic E-state index is 0.217. The van der Waals surface area contributed by atoms with Crippen molar-refractivity contribution in [2.45, 2.75) is 38.6 Å². The summed E-state index contributed by atoms with van der Waals surface area (Å²) >= 11 is 0. The van der Waals surface area contributed by atoms with Crippen LogP contribution in [0.25, 0.3) is 0 Å². The molecule has 0 spiro atoms. The summed E-state index contributed by atoms with van der Waals surface area (Å²) in [6.45, 7) is 5.11. The van der Waals surface area contributed by atoms with Crippen LogP contribution in [0.4, 0.5) is 0 Å². The molecule has 0 bridgehead atoms. The lowest BCUT2D eigenvalue weighted by Crippen LogP contribution is -2.35. The fourth-order valence-electron chi connectivity index (χ4n) is 3.81. The van der Waals surface area contributed by atoms with Crippen LogP contribution < -0.4 is 0 Å². The lowest BCUT2D eigenvalue weighted by Gasteiger charge is -2.23. The third-order valence-corrected chi connectivity index (χ3v) is 7.20. The maximum absolute atomic E-state index is 12.4. The Hall–Kier alpha value is -1.48. The zero-order valence-corrected chi connectivity index (χ0v) is 16.1.